The van der Waals surface area contributed by atoms with Crippen LogP contribution in [0.3, 0.4) is 0 Å². The van der Waals surface area contributed by atoms with Gasteiger partial charge in [0.15, 0.2) is 0 Å². The Balaban J connectivity index is 1.79. The lowest BCUT2D eigenvalue weighted by molar-refractivity contribution is -0.156. The summed E-state index contributed by atoms with van der Waals surface area (Å²) in [6, 6.07) is 10.0. The van der Waals surface area contributed by atoms with Gasteiger partial charge >= 0.3 is 5.97 Å². The van der Waals surface area contributed by atoms with Crippen molar-refractivity contribution < 1.29 is 28.5 Å². The van der Waals surface area contributed by atoms with Gasteiger partial charge in [0.2, 0.25) is 0 Å². The molecule has 0 bridgehead atoms. The smallest absolute Gasteiger partial charge is 0.308 e. The van der Waals surface area contributed by atoms with Gasteiger partial charge in [-0.25, -0.2) is 0 Å². The molecule has 0 saturated carbocycles. The van der Waals surface area contributed by atoms with Gasteiger partial charge in [-0.2, -0.15) is 0 Å². The summed E-state index contributed by atoms with van der Waals surface area (Å²) in [6.07, 6.45) is 0.253. The van der Waals surface area contributed by atoms with Gasteiger partial charge in [-0.15, -0.1) is 0 Å². The summed E-state index contributed by atoms with van der Waals surface area (Å²) in [7, 11) is 0. The predicted molar refractivity (Wildman–Crippen MR) is 99.0 cm³/mol. The highest BCUT2D eigenvalue weighted by molar-refractivity contribution is 5.69. The third kappa shape index (κ3) is 13.8. The summed E-state index contributed by atoms with van der Waals surface area (Å²) < 4.78 is 26.9. The molecule has 148 valence electrons. The van der Waals surface area contributed by atoms with Crippen LogP contribution in [0.2, 0.25) is 0 Å². The van der Waals surface area contributed by atoms with Crippen LogP contribution < -0.4 is 0 Å². The Bertz CT molecular complexity index is 469. The van der Waals surface area contributed by atoms with Crippen molar-refractivity contribution >= 4 is 5.97 Å². The lowest BCUT2D eigenvalue weighted by Gasteiger charge is -2.19. The third-order valence-electron chi connectivity index (χ3n) is 3.10. The van der Waals surface area contributed by atoms with Crippen molar-refractivity contribution in [2.45, 2.75) is 39.4 Å². The second-order valence-corrected chi connectivity index (χ2v) is 6.71. The first-order chi connectivity index (χ1) is 12.5. The Hall–Kier alpha value is -1.47. The van der Waals surface area contributed by atoms with Crippen LogP contribution in [0.1, 0.15) is 32.8 Å². The first-order valence-electron chi connectivity index (χ1n) is 9.04. The molecule has 0 amide bonds. The van der Waals surface area contributed by atoms with Crippen LogP contribution in [0.15, 0.2) is 30.3 Å². The summed E-state index contributed by atoms with van der Waals surface area (Å²) in [5.74, 6) is -0.249. The fourth-order valence-electron chi connectivity index (χ4n) is 1.97. The largest absolute Gasteiger partial charge is 0.460 e. The minimum absolute atomic E-state index is 0.249. The Morgan fingerprint density at radius 3 is 1.81 bits per heavy atom. The maximum Gasteiger partial charge on any atom is 0.308 e. The molecule has 6 heteroatoms. The normalized spacial score (nSPS) is 11.5. The van der Waals surface area contributed by atoms with Gasteiger partial charge in [-0.3, -0.25) is 4.79 Å². The Morgan fingerprint density at radius 2 is 1.27 bits per heavy atom. The highest BCUT2D eigenvalue weighted by atomic mass is 16.6. The molecule has 0 aliphatic rings. The molecule has 0 N–H and O–H groups in total. The fourth-order valence-corrected chi connectivity index (χ4v) is 1.97. The van der Waals surface area contributed by atoms with E-state index in [-0.39, 0.29) is 12.4 Å². The van der Waals surface area contributed by atoms with E-state index in [1.165, 1.54) is 0 Å². The molecule has 0 heterocycles. The standard InChI is InChI=1S/C20H32O6/c1-20(2,3)26-19(21)9-10-22-11-12-23-13-14-24-15-16-25-17-18-7-5-4-6-8-18/h4-8H,9-17H2,1-3H3. The van der Waals surface area contributed by atoms with Crippen molar-refractivity contribution in [1.82, 2.24) is 0 Å². The average molecular weight is 368 g/mol. The van der Waals surface area contributed by atoms with E-state index in [0.29, 0.717) is 52.9 Å². The van der Waals surface area contributed by atoms with E-state index in [9.17, 15) is 4.79 Å². The molecule has 0 aromatic heterocycles. The molecule has 0 fully saturated rings. The molecule has 0 saturated heterocycles. The fraction of sp³-hybridized carbons (Fsp3) is 0.650. The SMILES string of the molecule is CC(C)(C)OC(=O)CCOCCOCCOCCOCc1ccccc1. The molecule has 0 radical (unpaired) electrons. The highest BCUT2D eigenvalue weighted by Crippen LogP contribution is 2.08. The number of hydrogen-bond donors (Lipinski definition) is 0. The van der Waals surface area contributed by atoms with Crippen LogP contribution in [0.5, 0.6) is 0 Å². The predicted octanol–water partition coefficient (Wildman–Crippen LogP) is 2.98. The second-order valence-electron chi connectivity index (χ2n) is 6.71. The van der Waals surface area contributed by atoms with E-state index in [1.807, 2.05) is 51.1 Å². The van der Waals surface area contributed by atoms with Crippen LogP contribution in [-0.4, -0.2) is 57.8 Å². The molecule has 1 aromatic carbocycles. The Kier molecular flexibility index (Phi) is 11.9. The van der Waals surface area contributed by atoms with Gasteiger partial charge in [0.25, 0.3) is 0 Å². The molecule has 1 aromatic rings. The number of ether oxygens (including phenoxy) is 5. The van der Waals surface area contributed by atoms with Crippen LogP contribution >= 0.6 is 0 Å². The first kappa shape index (κ1) is 22.6. The molecule has 0 aliphatic heterocycles. The minimum Gasteiger partial charge on any atom is -0.460 e. The number of carbonyl (C=O) groups excluding carboxylic acids is 1. The molecule has 0 spiro atoms. The van der Waals surface area contributed by atoms with Gasteiger partial charge < -0.3 is 23.7 Å². The van der Waals surface area contributed by atoms with Crippen LogP contribution in [-0.2, 0) is 35.1 Å². The van der Waals surface area contributed by atoms with E-state index >= 15 is 0 Å². The Morgan fingerprint density at radius 1 is 0.769 bits per heavy atom. The van der Waals surface area contributed by atoms with Crippen LogP contribution in [0, 0.1) is 0 Å². The zero-order valence-electron chi connectivity index (χ0n) is 16.2. The van der Waals surface area contributed by atoms with Gasteiger partial charge in [0.05, 0.1) is 59.3 Å². The topological polar surface area (TPSA) is 63.2 Å². The zero-order chi connectivity index (χ0) is 19.1. The third-order valence-corrected chi connectivity index (χ3v) is 3.10. The molecule has 0 unspecified atom stereocenters. The molecule has 1 rings (SSSR count). The summed E-state index contributed by atoms with van der Waals surface area (Å²) >= 11 is 0. The maximum absolute atomic E-state index is 11.5. The number of benzene rings is 1. The second kappa shape index (κ2) is 13.7. The molecule has 0 atom stereocenters. The lowest BCUT2D eigenvalue weighted by Crippen LogP contribution is -2.24. The van der Waals surface area contributed by atoms with E-state index in [2.05, 4.69) is 0 Å². The lowest BCUT2D eigenvalue weighted by atomic mass is 10.2. The zero-order valence-corrected chi connectivity index (χ0v) is 16.2. The molecular formula is C20H32O6. The quantitative estimate of drug-likeness (QED) is 0.372. The average Bonchev–Trinajstić information content (AvgIpc) is 2.58. The summed E-state index contributed by atoms with van der Waals surface area (Å²) in [4.78, 5) is 11.5. The monoisotopic (exact) mass is 368 g/mol. The molecular weight excluding hydrogens is 336 g/mol. The van der Waals surface area contributed by atoms with Crippen LogP contribution in [0.4, 0.5) is 0 Å². The van der Waals surface area contributed by atoms with Crippen LogP contribution in [0.25, 0.3) is 0 Å². The number of esters is 1. The summed E-state index contributed by atoms with van der Waals surface area (Å²) in [6.45, 7) is 9.53. The first-order valence-corrected chi connectivity index (χ1v) is 9.04. The van der Waals surface area contributed by atoms with Crippen molar-refractivity contribution in [3.63, 3.8) is 0 Å². The van der Waals surface area contributed by atoms with Crippen molar-refractivity contribution in [2.24, 2.45) is 0 Å². The summed E-state index contributed by atoms with van der Waals surface area (Å²) in [5, 5.41) is 0. The van der Waals surface area contributed by atoms with E-state index in [0.717, 1.165) is 5.56 Å². The Labute approximate surface area is 156 Å². The van der Waals surface area contributed by atoms with Gasteiger partial charge in [-0.05, 0) is 26.3 Å². The molecule has 26 heavy (non-hydrogen) atoms. The number of carbonyl (C=O) groups is 1. The van der Waals surface area contributed by atoms with Gasteiger partial charge in [-0.1, -0.05) is 30.3 Å². The van der Waals surface area contributed by atoms with Crippen molar-refractivity contribution in [3.8, 4) is 0 Å². The van der Waals surface area contributed by atoms with Gasteiger partial charge in [0.1, 0.15) is 5.60 Å². The van der Waals surface area contributed by atoms with Crippen molar-refractivity contribution in [2.75, 3.05) is 46.2 Å². The van der Waals surface area contributed by atoms with E-state index in [1.54, 1.807) is 0 Å². The number of rotatable bonds is 14. The number of hydrogen-bond acceptors (Lipinski definition) is 6. The maximum atomic E-state index is 11.5. The minimum atomic E-state index is -0.452. The van der Waals surface area contributed by atoms with Gasteiger partial charge in [0, 0.05) is 0 Å². The van der Waals surface area contributed by atoms with E-state index in [4.69, 9.17) is 23.7 Å². The molecule has 6 nitrogen and oxygen atoms in total. The van der Waals surface area contributed by atoms with E-state index < -0.39 is 5.60 Å². The van der Waals surface area contributed by atoms with Crippen molar-refractivity contribution in [3.05, 3.63) is 35.9 Å². The summed E-state index contributed by atoms with van der Waals surface area (Å²) in [5.41, 5.74) is 0.703. The van der Waals surface area contributed by atoms with Crippen molar-refractivity contribution in [1.29, 1.82) is 0 Å². The highest BCUT2D eigenvalue weighted by Gasteiger charge is 2.15. The molecule has 0 aliphatic carbocycles.